The Kier molecular flexibility index (Phi) is 7.02. The first-order chi connectivity index (χ1) is 14.1. The van der Waals surface area contributed by atoms with Gasteiger partial charge in [0.15, 0.2) is 0 Å². The highest BCUT2D eigenvalue weighted by Crippen LogP contribution is 2.21. The number of hydrogen-bond acceptors (Lipinski definition) is 3. The van der Waals surface area contributed by atoms with Crippen LogP contribution in [-0.4, -0.2) is 18.9 Å². The molecule has 0 bridgehead atoms. The molecule has 0 aromatic heterocycles. The molecule has 0 aliphatic carbocycles. The lowest BCUT2D eigenvalue weighted by Crippen LogP contribution is -2.30. The number of carbonyl (C=O) groups excluding carboxylic acids is 2. The number of nitrogens with one attached hydrogen (secondary N) is 2. The van der Waals surface area contributed by atoms with E-state index in [4.69, 9.17) is 4.74 Å². The molecule has 5 nitrogen and oxygen atoms in total. The first-order valence-electron chi connectivity index (χ1n) is 8.85. The highest BCUT2D eigenvalue weighted by atomic mass is 127. The lowest BCUT2D eigenvalue weighted by atomic mass is 10.1. The van der Waals surface area contributed by atoms with Crippen molar-refractivity contribution in [1.29, 1.82) is 0 Å². The molecular formula is C23H19IN2O3. The number of ether oxygens (including phenoxy) is 1. The minimum atomic E-state index is -0.429. The minimum Gasteiger partial charge on any atom is -0.496 e. The van der Waals surface area contributed by atoms with Gasteiger partial charge in [0.1, 0.15) is 11.4 Å². The molecule has 0 saturated heterocycles. The first-order valence-corrected chi connectivity index (χ1v) is 9.93. The molecule has 0 fully saturated rings. The van der Waals surface area contributed by atoms with Gasteiger partial charge in [0, 0.05) is 20.4 Å². The molecule has 0 saturated carbocycles. The number of para-hydroxylation sites is 1. The van der Waals surface area contributed by atoms with Crippen molar-refractivity contribution in [3.63, 3.8) is 0 Å². The van der Waals surface area contributed by atoms with Crippen molar-refractivity contribution in [3.8, 4) is 5.75 Å². The molecule has 146 valence electrons. The fraction of sp³-hybridized carbons (Fsp3) is 0.0435. The van der Waals surface area contributed by atoms with Crippen LogP contribution in [0.3, 0.4) is 0 Å². The van der Waals surface area contributed by atoms with E-state index in [1.807, 2.05) is 36.4 Å². The number of benzene rings is 3. The molecule has 0 heterocycles. The fourth-order valence-electron chi connectivity index (χ4n) is 2.62. The average molecular weight is 498 g/mol. The SMILES string of the molecule is COc1ccccc1C=C(NC(=O)c1ccccc1)C(=O)Nc1ccc(I)cc1. The number of carbonyl (C=O) groups is 2. The molecule has 0 aliphatic rings. The van der Waals surface area contributed by atoms with Crippen molar-refractivity contribution in [2.75, 3.05) is 12.4 Å². The quantitative estimate of drug-likeness (QED) is 0.382. The molecule has 0 spiro atoms. The molecule has 2 amide bonds. The second kappa shape index (κ2) is 9.88. The summed E-state index contributed by atoms with van der Waals surface area (Å²) in [5.41, 5.74) is 1.88. The molecule has 3 aromatic carbocycles. The summed E-state index contributed by atoms with van der Waals surface area (Å²) in [5.74, 6) is -0.202. The van der Waals surface area contributed by atoms with E-state index in [0.717, 1.165) is 3.57 Å². The number of anilines is 1. The third-order valence-corrected chi connectivity index (χ3v) is 4.79. The van der Waals surface area contributed by atoms with Crippen LogP contribution in [0.1, 0.15) is 15.9 Å². The van der Waals surface area contributed by atoms with Gasteiger partial charge in [-0.3, -0.25) is 9.59 Å². The maximum Gasteiger partial charge on any atom is 0.272 e. The van der Waals surface area contributed by atoms with Gasteiger partial charge in [-0.15, -0.1) is 0 Å². The van der Waals surface area contributed by atoms with E-state index in [1.54, 1.807) is 55.7 Å². The zero-order chi connectivity index (χ0) is 20.6. The lowest BCUT2D eigenvalue weighted by Gasteiger charge is -2.12. The summed E-state index contributed by atoms with van der Waals surface area (Å²) < 4.78 is 6.42. The van der Waals surface area contributed by atoms with Crippen LogP contribution in [0, 0.1) is 3.57 Å². The van der Waals surface area contributed by atoms with Gasteiger partial charge < -0.3 is 15.4 Å². The predicted octanol–water partition coefficient (Wildman–Crippen LogP) is 4.71. The topological polar surface area (TPSA) is 67.4 Å². The molecule has 0 radical (unpaired) electrons. The molecule has 29 heavy (non-hydrogen) atoms. The fourth-order valence-corrected chi connectivity index (χ4v) is 2.97. The van der Waals surface area contributed by atoms with Gasteiger partial charge in [-0.2, -0.15) is 0 Å². The summed E-state index contributed by atoms with van der Waals surface area (Å²) >= 11 is 2.19. The Labute approximate surface area is 182 Å². The Morgan fingerprint density at radius 3 is 2.24 bits per heavy atom. The average Bonchev–Trinajstić information content (AvgIpc) is 2.75. The Balaban J connectivity index is 1.92. The van der Waals surface area contributed by atoms with Crippen LogP contribution >= 0.6 is 22.6 Å². The summed E-state index contributed by atoms with van der Waals surface area (Å²) in [7, 11) is 1.56. The third-order valence-electron chi connectivity index (χ3n) is 4.07. The summed E-state index contributed by atoms with van der Waals surface area (Å²) in [6.45, 7) is 0. The predicted molar refractivity (Wildman–Crippen MR) is 123 cm³/mol. The maximum absolute atomic E-state index is 12.9. The van der Waals surface area contributed by atoms with Crippen molar-refractivity contribution < 1.29 is 14.3 Å². The Morgan fingerprint density at radius 1 is 0.897 bits per heavy atom. The Bertz CT molecular complexity index is 1030. The highest BCUT2D eigenvalue weighted by Gasteiger charge is 2.16. The Hall–Kier alpha value is -3.13. The molecule has 0 unspecified atom stereocenters. The number of rotatable bonds is 6. The van der Waals surface area contributed by atoms with Crippen LogP contribution in [-0.2, 0) is 4.79 Å². The molecule has 0 atom stereocenters. The molecule has 2 N–H and O–H groups in total. The van der Waals surface area contributed by atoms with Crippen LogP contribution in [0.25, 0.3) is 6.08 Å². The second-order valence-corrected chi connectivity index (χ2v) is 7.33. The van der Waals surface area contributed by atoms with Crippen LogP contribution in [0.5, 0.6) is 5.75 Å². The highest BCUT2D eigenvalue weighted by molar-refractivity contribution is 14.1. The lowest BCUT2D eigenvalue weighted by molar-refractivity contribution is -0.113. The summed E-state index contributed by atoms with van der Waals surface area (Å²) in [4.78, 5) is 25.6. The third kappa shape index (κ3) is 5.68. The van der Waals surface area contributed by atoms with Crippen molar-refractivity contribution in [2.24, 2.45) is 0 Å². The number of amides is 2. The maximum atomic E-state index is 12.9. The zero-order valence-electron chi connectivity index (χ0n) is 15.7. The van der Waals surface area contributed by atoms with Gasteiger partial charge in [-0.25, -0.2) is 0 Å². The van der Waals surface area contributed by atoms with E-state index in [9.17, 15) is 9.59 Å². The van der Waals surface area contributed by atoms with Crippen LogP contribution < -0.4 is 15.4 Å². The largest absolute Gasteiger partial charge is 0.496 e. The van der Waals surface area contributed by atoms with Gasteiger partial charge in [-0.05, 0) is 71.1 Å². The number of methoxy groups -OCH3 is 1. The van der Waals surface area contributed by atoms with Gasteiger partial charge in [0.2, 0.25) is 0 Å². The first kappa shape index (κ1) is 20.6. The van der Waals surface area contributed by atoms with Gasteiger partial charge >= 0.3 is 0 Å². The summed E-state index contributed by atoms with van der Waals surface area (Å²) in [5, 5.41) is 5.54. The van der Waals surface area contributed by atoms with E-state index in [1.165, 1.54) is 0 Å². The van der Waals surface area contributed by atoms with E-state index >= 15 is 0 Å². The summed E-state index contributed by atoms with van der Waals surface area (Å²) in [6.07, 6.45) is 1.60. The standard InChI is InChI=1S/C23H19IN2O3/c1-29-21-10-6-5-9-17(21)15-20(26-22(27)16-7-3-2-4-8-16)23(28)25-19-13-11-18(24)12-14-19/h2-15H,1H3,(H,25,28)(H,26,27). The Morgan fingerprint density at radius 2 is 1.55 bits per heavy atom. The minimum absolute atomic E-state index is 0.113. The number of hydrogen-bond donors (Lipinski definition) is 2. The zero-order valence-corrected chi connectivity index (χ0v) is 17.8. The smallest absolute Gasteiger partial charge is 0.272 e. The van der Waals surface area contributed by atoms with E-state index < -0.39 is 5.91 Å². The second-order valence-electron chi connectivity index (χ2n) is 6.08. The van der Waals surface area contributed by atoms with E-state index in [0.29, 0.717) is 22.6 Å². The van der Waals surface area contributed by atoms with Crippen molar-refractivity contribution in [3.05, 3.63) is 99.3 Å². The molecule has 6 heteroatoms. The van der Waals surface area contributed by atoms with E-state index in [2.05, 4.69) is 33.2 Å². The van der Waals surface area contributed by atoms with Crippen LogP contribution in [0.4, 0.5) is 5.69 Å². The van der Waals surface area contributed by atoms with Crippen molar-refractivity contribution >= 4 is 46.2 Å². The van der Waals surface area contributed by atoms with E-state index in [-0.39, 0.29) is 11.6 Å². The van der Waals surface area contributed by atoms with Crippen molar-refractivity contribution in [2.45, 2.75) is 0 Å². The normalized spacial score (nSPS) is 10.9. The molecule has 3 aromatic rings. The van der Waals surface area contributed by atoms with Crippen LogP contribution in [0.15, 0.2) is 84.6 Å². The molecule has 3 rings (SSSR count). The van der Waals surface area contributed by atoms with Crippen LogP contribution in [0.2, 0.25) is 0 Å². The van der Waals surface area contributed by atoms with Gasteiger partial charge in [-0.1, -0.05) is 36.4 Å². The molecule has 0 aliphatic heterocycles. The number of halogens is 1. The summed E-state index contributed by atoms with van der Waals surface area (Å²) in [6, 6.07) is 23.4. The van der Waals surface area contributed by atoms with Crippen molar-refractivity contribution in [1.82, 2.24) is 5.32 Å². The van der Waals surface area contributed by atoms with Gasteiger partial charge in [0.25, 0.3) is 11.8 Å². The monoisotopic (exact) mass is 498 g/mol. The van der Waals surface area contributed by atoms with Gasteiger partial charge in [0.05, 0.1) is 7.11 Å². The molecular weight excluding hydrogens is 479 g/mol.